The number of ether oxygens (including phenoxy) is 2. The van der Waals surface area contributed by atoms with Gasteiger partial charge < -0.3 is 20.1 Å². The number of hydrogen-bond donors (Lipinski definition) is 2. The van der Waals surface area contributed by atoms with E-state index in [1.165, 1.54) is 0 Å². The molecule has 1 saturated heterocycles. The number of amides is 1. The third-order valence-electron chi connectivity index (χ3n) is 5.87. The Morgan fingerprint density at radius 3 is 2.88 bits per heavy atom. The van der Waals surface area contributed by atoms with Crippen molar-refractivity contribution < 1.29 is 14.3 Å². The van der Waals surface area contributed by atoms with E-state index in [4.69, 9.17) is 26.1 Å². The Morgan fingerprint density at radius 2 is 2.06 bits per heavy atom. The van der Waals surface area contributed by atoms with Crippen molar-refractivity contribution in [2.75, 3.05) is 51.8 Å². The van der Waals surface area contributed by atoms with E-state index >= 15 is 0 Å². The van der Waals surface area contributed by atoms with Gasteiger partial charge in [-0.05, 0) is 29.6 Å². The van der Waals surface area contributed by atoms with E-state index < -0.39 is 0 Å². The van der Waals surface area contributed by atoms with Crippen molar-refractivity contribution >= 4 is 61.3 Å². The highest BCUT2D eigenvalue weighted by atomic mass is 35.5. The number of pyridine rings is 1. The molecule has 1 aliphatic heterocycles. The van der Waals surface area contributed by atoms with Gasteiger partial charge in [0.1, 0.15) is 18.2 Å². The minimum atomic E-state index is -0.173. The number of nitrogens with zero attached hydrogens (tertiary/aromatic N) is 2. The molecule has 1 aliphatic rings. The topological polar surface area (TPSA) is 75.7 Å². The number of carbonyl (C=O) groups excluding carboxylic acids is 1. The van der Waals surface area contributed by atoms with Gasteiger partial charge in [-0.15, -0.1) is 11.3 Å². The molecule has 34 heavy (non-hydrogen) atoms. The molecule has 5 rings (SSSR count). The van der Waals surface area contributed by atoms with E-state index in [1.54, 1.807) is 24.5 Å². The number of carbonyl (C=O) groups is 1. The van der Waals surface area contributed by atoms with Gasteiger partial charge in [0.15, 0.2) is 0 Å². The molecule has 176 valence electrons. The maximum absolute atomic E-state index is 12.5. The zero-order chi connectivity index (χ0) is 23.5. The van der Waals surface area contributed by atoms with Crippen molar-refractivity contribution in [1.29, 1.82) is 0 Å². The van der Waals surface area contributed by atoms with Crippen LogP contribution >= 0.6 is 22.9 Å². The van der Waals surface area contributed by atoms with Crippen LogP contribution in [0.1, 0.15) is 10.4 Å². The summed E-state index contributed by atoms with van der Waals surface area (Å²) in [6, 6.07) is 13.3. The summed E-state index contributed by atoms with van der Waals surface area (Å²) >= 11 is 8.14. The summed E-state index contributed by atoms with van der Waals surface area (Å²) in [5, 5.41) is 10.6. The van der Waals surface area contributed by atoms with Crippen LogP contribution in [0.2, 0.25) is 5.02 Å². The van der Waals surface area contributed by atoms with E-state index in [9.17, 15) is 4.79 Å². The number of benzene rings is 2. The summed E-state index contributed by atoms with van der Waals surface area (Å²) < 4.78 is 12.5. The van der Waals surface area contributed by atoms with Gasteiger partial charge in [-0.25, -0.2) is 4.98 Å². The molecule has 0 unspecified atom stereocenters. The molecule has 9 heteroatoms. The minimum Gasteiger partial charge on any atom is -0.492 e. The van der Waals surface area contributed by atoms with E-state index in [0.717, 1.165) is 54.1 Å². The molecule has 2 aromatic heterocycles. The SMILES string of the molecule is CNC(=O)c1cccc2c1nc(Nc1cc(OCCN3CCOCC3)ccc1Cl)c1ccsc12. The van der Waals surface area contributed by atoms with Crippen LogP contribution < -0.4 is 15.4 Å². The van der Waals surface area contributed by atoms with Crippen molar-refractivity contribution in [3.05, 3.63) is 58.4 Å². The standard InChI is InChI=1S/C25H25ClN4O3S/c1-27-25(31)18-4-2-3-17-22(18)29-24(19-7-14-34-23(17)19)28-21-15-16(5-6-20(21)26)33-13-10-30-8-11-32-12-9-30/h2-7,14-15H,8-13H2,1H3,(H,27,31)(H,28,29). The lowest BCUT2D eigenvalue weighted by atomic mass is 10.1. The number of anilines is 2. The molecular formula is C25H25ClN4O3S. The molecule has 0 aliphatic carbocycles. The van der Waals surface area contributed by atoms with Crippen LogP contribution in [0, 0.1) is 0 Å². The zero-order valence-corrected chi connectivity index (χ0v) is 20.3. The highest BCUT2D eigenvalue weighted by Crippen LogP contribution is 2.37. The van der Waals surface area contributed by atoms with Gasteiger partial charge in [0.25, 0.3) is 5.91 Å². The maximum Gasteiger partial charge on any atom is 0.253 e. The quantitative estimate of drug-likeness (QED) is 0.378. The van der Waals surface area contributed by atoms with E-state index in [-0.39, 0.29) is 5.91 Å². The molecule has 7 nitrogen and oxygen atoms in total. The highest BCUT2D eigenvalue weighted by molar-refractivity contribution is 7.18. The van der Waals surface area contributed by atoms with Gasteiger partial charge in [-0.2, -0.15) is 0 Å². The largest absolute Gasteiger partial charge is 0.492 e. The number of para-hydroxylation sites is 1. The van der Waals surface area contributed by atoms with E-state index in [0.29, 0.717) is 34.2 Å². The van der Waals surface area contributed by atoms with Crippen LogP contribution in [0.3, 0.4) is 0 Å². The molecule has 0 bridgehead atoms. The first kappa shape index (κ1) is 22.9. The van der Waals surface area contributed by atoms with E-state index in [1.807, 2.05) is 41.8 Å². The number of aromatic nitrogens is 1. The average Bonchev–Trinajstić information content (AvgIpc) is 3.37. The van der Waals surface area contributed by atoms with Gasteiger partial charge >= 0.3 is 0 Å². The molecule has 1 fully saturated rings. The summed E-state index contributed by atoms with van der Waals surface area (Å²) in [6.07, 6.45) is 0. The predicted octanol–water partition coefficient (Wildman–Crippen LogP) is 4.92. The van der Waals surface area contributed by atoms with Crippen molar-refractivity contribution in [1.82, 2.24) is 15.2 Å². The Labute approximate surface area is 206 Å². The second kappa shape index (κ2) is 10.1. The van der Waals surface area contributed by atoms with Crippen LogP contribution in [0.15, 0.2) is 47.8 Å². The molecule has 2 aromatic carbocycles. The molecule has 0 saturated carbocycles. The van der Waals surface area contributed by atoms with Crippen LogP contribution in [0.5, 0.6) is 5.75 Å². The smallest absolute Gasteiger partial charge is 0.253 e. The van der Waals surface area contributed by atoms with Gasteiger partial charge in [0, 0.05) is 48.2 Å². The number of nitrogens with one attached hydrogen (secondary N) is 2. The minimum absolute atomic E-state index is 0.173. The average molecular weight is 497 g/mol. The molecular weight excluding hydrogens is 472 g/mol. The Morgan fingerprint density at radius 1 is 1.21 bits per heavy atom. The molecule has 4 aromatic rings. The second-order valence-electron chi connectivity index (χ2n) is 7.97. The first-order valence-electron chi connectivity index (χ1n) is 11.2. The third kappa shape index (κ3) is 4.67. The molecule has 1 amide bonds. The number of fused-ring (bicyclic) bond motifs is 3. The van der Waals surface area contributed by atoms with Crippen molar-refractivity contribution in [2.24, 2.45) is 0 Å². The Balaban J connectivity index is 1.43. The monoisotopic (exact) mass is 496 g/mol. The van der Waals surface area contributed by atoms with Gasteiger partial charge in [0.05, 0.1) is 35.0 Å². The summed E-state index contributed by atoms with van der Waals surface area (Å²) in [5.74, 6) is 1.20. The van der Waals surface area contributed by atoms with Gasteiger partial charge in [-0.1, -0.05) is 23.7 Å². The Hall–Kier alpha value is -2.91. The van der Waals surface area contributed by atoms with Crippen molar-refractivity contribution in [2.45, 2.75) is 0 Å². The second-order valence-corrected chi connectivity index (χ2v) is 9.30. The fraction of sp³-hybridized carbons (Fsp3) is 0.280. The molecule has 0 atom stereocenters. The number of rotatable bonds is 7. The predicted molar refractivity (Wildman–Crippen MR) is 138 cm³/mol. The zero-order valence-electron chi connectivity index (χ0n) is 18.8. The lowest BCUT2D eigenvalue weighted by molar-refractivity contribution is 0.0322. The molecule has 3 heterocycles. The normalized spacial score (nSPS) is 14.4. The van der Waals surface area contributed by atoms with Crippen LogP contribution in [-0.2, 0) is 4.74 Å². The first-order chi connectivity index (χ1) is 16.6. The van der Waals surface area contributed by atoms with Crippen molar-refractivity contribution in [3.8, 4) is 5.75 Å². The number of thiophene rings is 1. The summed E-state index contributed by atoms with van der Waals surface area (Å²) in [5.41, 5.74) is 1.88. The molecule has 0 spiro atoms. The number of hydrogen-bond acceptors (Lipinski definition) is 7. The lowest BCUT2D eigenvalue weighted by Crippen LogP contribution is -2.38. The highest BCUT2D eigenvalue weighted by Gasteiger charge is 2.17. The third-order valence-corrected chi connectivity index (χ3v) is 7.14. The Bertz CT molecular complexity index is 1340. The number of morpholine rings is 1. The first-order valence-corrected chi connectivity index (χ1v) is 12.4. The van der Waals surface area contributed by atoms with E-state index in [2.05, 4.69) is 15.5 Å². The lowest BCUT2D eigenvalue weighted by Gasteiger charge is -2.26. The van der Waals surface area contributed by atoms with Gasteiger partial charge in [-0.3, -0.25) is 9.69 Å². The Kier molecular flexibility index (Phi) is 6.82. The summed E-state index contributed by atoms with van der Waals surface area (Å²) in [6.45, 7) is 4.83. The summed E-state index contributed by atoms with van der Waals surface area (Å²) in [4.78, 5) is 19.6. The van der Waals surface area contributed by atoms with Crippen molar-refractivity contribution in [3.63, 3.8) is 0 Å². The fourth-order valence-corrected chi connectivity index (χ4v) is 5.16. The van der Waals surface area contributed by atoms with Crippen LogP contribution in [-0.4, -0.2) is 62.3 Å². The number of halogens is 1. The van der Waals surface area contributed by atoms with Crippen LogP contribution in [0.25, 0.3) is 21.0 Å². The maximum atomic E-state index is 12.5. The molecule has 2 N–H and O–H groups in total. The van der Waals surface area contributed by atoms with Crippen LogP contribution in [0.4, 0.5) is 11.5 Å². The molecule has 0 radical (unpaired) electrons. The summed E-state index contributed by atoms with van der Waals surface area (Å²) in [7, 11) is 1.62. The van der Waals surface area contributed by atoms with Gasteiger partial charge in [0.2, 0.25) is 0 Å². The fourth-order valence-electron chi connectivity index (χ4n) is 4.07.